The Morgan fingerprint density at radius 3 is 0.728 bits per heavy atom. The Morgan fingerprint density at radius 2 is 0.519 bits per heavy atom. The van der Waals surface area contributed by atoms with Crippen molar-refractivity contribution in [3.8, 4) is 34.5 Å². The maximum Gasteiger partial charge on any atom is 0.137 e. The minimum atomic E-state index is -0.272. The molecule has 438 valence electrons. The van der Waals surface area contributed by atoms with E-state index in [9.17, 15) is 30.6 Å². The molecule has 0 spiro atoms. The summed E-state index contributed by atoms with van der Waals surface area (Å²) in [5, 5.41) is 62.3. The van der Waals surface area contributed by atoms with Crippen molar-refractivity contribution in [2.75, 3.05) is 0 Å². The molecule has 6 aromatic rings. The maximum atomic E-state index is 10.3. The first kappa shape index (κ1) is 64.2. The van der Waals surface area contributed by atoms with Gasteiger partial charge in [0.2, 0.25) is 0 Å². The highest BCUT2D eigenvalue weighted by Crippen LogP contribution is 2.58. The molecule has 0 aromatic heterocycles. The number of hydrogen-bond donors (Lipinski definition) is 6. The van der Waals surface area contributed by atoms with Gasteiger partial charge in [-0.25, -0.2) is 0 Å². The largest absolute Gasteiger partial charge is 0.507 e. The number of phenols is 6. The minimum absolute atomic E-state index is 0.104. The molecule has 10 heteroatoms. The molecule has 9 rings (SSSR count). The van der Waals surface area contributed by atoms with Crippen molar-refractivity contribution in [2.24, 2.45) is 34.0 Å². The zero-order valence-electron chi connectivity index (χ0n) is 51.2. The van der Waals surface area contributed by atoms with Crippen LogP contribution in [-0.4, -0.2) is 30.6 Å². The van der Waals surface area contributed by atoms with E-state index in [1.165, 1.54) is 35.1 Å². The molecule has 0 saturated heterocycles. The third-order valence-corrected chi connectivity index (χ3v) is 20.2. The molecule has 3 fully saturated rings. The molecule has 81 heavy (non-hydrogen) atoms. The number of halogens is 4. The molecule has 0 aliphatic heterocycles. The number of hydrogen-bond acceptors (Lipinski definition) is 6. The van der Waals surface area contributed by atoms with Crippen LogP contribution in [0.2, 0.25) is 10.0 Å². The van der Waals surface area contributed by atoms with Crippen LogP contribution >= 0.6 is 55.1 Å². The van der Waals surface area contributed by atoms with Gasteiger partial charge in [0.1, 0.15) is 34.5 Å². The second-order valence-corrected chi connectivity index (χ2v) is 30.7. The molecule has 3 aliphatic rings. The van der Waals surface area contributed by atoms with Gasteiger partial charge in [0.25, 0.3) is 0 Å². The van der Waals surface area contributed by atoms with Gasteiger partial charge >= 0.3 is 0 Å². The Kier molecular flexibility index (Phi) is 18.7. The van der Waals surface area contributed by atoms with E-state index in [0.29, 0.717) is 50.8 Å². The Balaban J connectivity index is 0.000000175. The topological polar surface area (TPSA) is 121 Å². The lowest BCUT2D eigenvalue weighted by molar-refractivity contribution is 0.126. The molecule has 0 bridgehead atoms. The summed E-state index contributed by atoms with van der Waals surface area (Å²) in [6, 6.07) is 25.0. The monoisotopic (exact) mass is 1270 g/mol. The highest BCUT2D eigenvalue weighted by Gasteiger charge is 2.49. The summed E-state index contributed by atoms with van der Waals surface area (Å²) < 4.78 is 1.48. The fourth-order valence-electron chi connectivity index (χ4n) is 16.1. The molecule has 3 saturated carbocycles. The van der Waals surface area contributed by atoms with Crippen LogP contribution < -0.4 is 0 Å². The summed E-state index contributed by atoms with van der Waals surface area (Å²) in [5.74, 6) is 3.39. The average molecular weight is 1270 g/mol. The molecule has 0 radical (unpaired) electrons. The van der Waals surface area contributed by atoms with Gasteiger partial charge in [-0.05, 0) is 281 Å². The Bertz CT molecular complexity index is 2690. The standard InChI is InChI=1S/C25H34O2.C23H28Br2O2.C23H28Cl2O2/c1-15-12-24(6,7)14-25(13-15,20-8-16(2)22(26)17(3)9-20)21-10-18(4)23(27)19(5)11-21;2*1-13-10-22(4,5)12-23(11-13,16-6-14(2)20(26)18(24)8-16)17-7-15(3)21(27)19(25)9-17/h8-11,15,26-27H,12-14H2,1-7H3;2*6-9,13,26-27H,10-12H2,1-5H3. The number of aryl methyl sites for hydroxylation is 8. The van der Waals surface area contributed by atoms with Crippen LogP contribution in [0.3, 0.4) is 0 Å². The highest BCUT2D eigenvalue weighted by molar-refractivity contribution is 9.11. The predicted octanol–water partition coefficient (Wildman–Crippen LogP) is 21.0. The fourth-order valence-corrected chi connectivity index (χ4v) is 17.7. The Hall–Kier alpha value is -4.34. The van der Waals surface area contributed by atoms with E-state index in [4.69, 9.17) is 23.2 Å². The van der Waals surface area contributed by atoms with Gasteiger partial charge in [-0.3, -0.25) is 0 Å². The van der Waals surface area contributed by atoms with Crippen molar-refractivity contribution in [3.05, 3.63) is 170 Å². The summed E-state index contributed by atoms with van der Waals surface area (Å²) in [6.07, 6.45) is 9.72. The first-order valence-corrected chi connectivity index (χ1v) is 31.3. The second-order valence-electron chi connectivity index (χ2n) is 28.2. The zero-order chi connectivity index (χ0) is 60.4. The third kappa shape index (κ3) is 13.3. The normalized spacial score (nSPS) is 21.2. The van der Waals surface area contributed by atoms with Gasteiger partial charge in [0.05, 0.1) is 19.0 Å². The lowest BCUT2D eigenvalue weighted by Gasteiger charge is -2.49. The minimum Gasteiger partial charge on any atom is -0.507 e. The first-order chi connectivity index (χ1) is 37.3. The van der Waals surface area contributed by atoms with Crippen LogP contribution in [-0.2, 0) is 16.2 Å². The molecule has 3 unspecified atom stereocenters. The Morgan fingerprint density at radius 1 is 0.321 bits per heavy atom. The SMILES string of the molecule is Cc1cc(C2(c3cc(C)c(O)c(Br)c3)CC(C)CC(C)(C)C2)cc(Br)c1O.Cc1cc(C2(c3cc(C)c(O)c(C)c3)CC(C)CC(C)(C)C2)cc(C)c1O.Cc1cc(C2(c3cc(C)c(O)c(Cl)c3)CC(C)CC(C)(C)C2)cc(Cl)c1O. The molecule has 0 amide bonds. The van der Waals surface area contributed by atoms with E-state index in [1.807, 2.05) is 79.7 Å². The summed E-state index contributed by atoms with van der Waals surface area (Å²) in [7, 11) is 0. The molecule has 6 N–H and O–H groups in total. The van der Waals surface area contributed by atoms with Gasteiger partial charge in [0, 0.05) is 16.2 Å². The van der Waals surface area contributed by atoms with Crippen LogP contribution in [0.4, 0.5) is 0 Å². The van der Waals surface area contributed by atoms with Crippen molar-refractivity contribution in [1.29, 1.82) is 0 Å². The van der Waals surface area contributed by atoms with E-state index in [1.54, 1.807) is 0 Å². The maximum absolute atomic E-state index is 10.3. The first-order valence-electron chi connectivity index (χ1n) is 28.9. The quantitative estimate of drug-likeness (QED) is 0.0988. The molecule has 3 aliphatic carbocycles. The lowest BCUT2D eigenvalue weighted by Crippen LogP contribution is -2.41. The summed E-state index contributed by atoms with van der Waals surface area (Å²) >= 11 is 19.8. The summed E-state index contributed by atoms with van der Waals surface area (Å²) in [5.41, 5.74) is 14.3. The van der Waals surface area contributed by atoms with Crippen molar-refractivity contribution in [2.45, 2.75) is 192 Å². The van der Waals surface area contributed by atoms with Crippen molar-refractivity contribution in [3.63, 3.8) is 0 Å². The Labute approximate surface area is 512 Å². The van der Waals surface area contributed by atoms with Gasteiger partial charge in [0.15, 0.2) is 0 Å². The predicted molar refractivity (Wildman–Crippen MR) is 345 cm³/mol. The number of benzene rings is 6. The highest BCUT2D eigenvalue weighted by atomic mass is 79.9. The van der Waals surface area contributed by atoms with Gasteiger partial charge in [-0.15, -0.1) is 0 Å². The van der Waals surface area contributed by atoms with E-state index in [0.717, 1.165) is 110 Å². The van der Waals surface area contributed by atoms with Gasteiger partial charge in [-0.1, -0.05) is 134 Å². The number of rotatable bonds is 6. The fraction of sp³-hybridized carbons (Fsp3) is 0.493. The van der Waals surface area contributed by atoms with Crippen LogP contribution in [0.15, 0.2) is 81.7 Å². The average Bonchev–Trinajstić information content (AvgIpc) is 3.43. The van der Waals surface area contributed by atoms with Crippen LogP contribution in [0.1, 0.15) is 198 Å². The second kappa shape index (κ2) is 23.6. The molecular formula is C71H90Br2Cl2O6. The van der Waals surface area contributed by atoms with Crippen molar-refractivity contribution in [1.82, 2.24) is 0 Å². The zero-order valence-corrected chi connectivity index (χ0v) is 55.9. The third-order valence-electron chi connectivity index (χ3n) is 18.4. The van der Waals surface area contributed by atoms with E-state index < -0.39 is 0 Å². The smallest absolute Gasteiger partial charge is 0.137 e. The van der Waals surface area contributed by atoms with Crippen molar-refractivity contribution >= 4 is 55.1 Å². The summed E-state index contributed by atoms with van der Waals surface area (Å²) in [6.45, 7) is 36.7. The number of phenolic OH excluding ortho intramolecular Hbond substituents is 6. The van der Waals surface area contributed by atoms with E-state index >= 15 is 0 Å². The molecule has 6 aromatic carbocycles. The number of aromatic hydroxyl groups is 6. The van der Waals surface area contributed by atoms with E-state index in [-0.39, 0.29) is 44.0 Å². The molecule has 3 atom stereocenters. The van der Waals surface area contributed by atoms with Crippen LogP contribution in [0.5, 0.6) is 34.5 Å². The molecular weight excluding hydrogens is 1180 g/mol. The van der Waals surface area contributed by atoms with Crippen LogP contribution in [0.25, 0.3) is 0 Å². The molecule has 6 nitrogen and oxygen atoms in total. The van der Waals surface area contributed by atoms with E-state index in [2.05, 4.69) is 143 Å². The van der Waals surface area contributed by atoms with Gasteiger partial charge in [-0.2, -0.15) is 0 Å². The van der Waals surface area contributed by atoms with Gasteiger partial charge < -0.3 is 30.6 Å². The lowest BCUT2D eigenvalue weighted by atomic mass is 9.55. The van der Waals surface area contributed by atoms with Crippen LogP contribution in [0, 0.1) is 89.4 Å². The summed E-state index contributed by atoms with van der Waals surface area (Å²) in [4.78, 5) is 0. The molecule has 0 heterocycles. The van der Waals surface area contributed by atoms with Crippen molar-refractivity contribution < 1.29 is 30.6 Å².